The molecule has 2 heterocycles. The average Bonchev–Trinajstić information content (AvgIpc) is 3.04. The van der Waals surface area contributed by atoms with Crippen molar-refractivity contribution in [3.8, 4) is 0 Å². The Hall–Kier alpha value is -1.82. The summed E-state index contributed by atoms with van der Waals surface area (Å²) >= 11 is 0. The first kappa shape index (κ1) is 17.5. The molecule has 1 fully saturated rings. The SMILES string of the molecule is CC1COC(c2ccccc2)CN1C(=O)c1coc(CN)c1.Cl. The van der Waals surface area contributed by atoms with Crippen molar-refractivity contribution in [2.45, 2.75) is 25.6 Å². The summed E-state index contributed by atoms with van der Waals surface area (Å²) in [5.74, 6) is 0.573. The lowest BCUT2D eigenvalue weighted by atomic mass is 10.1. The van der Waals surface area contributed by atoms with Crippen LogP contribution in [-0.4, -0.2) is 30.0 Å². The first-order valence-corrected chi connectivity index (χ1v) is 7.44. The number of nitrogens with two attached hydrogens (primary N) is 1. The van der Waals surface area contributed by atoms with Gasteiger partial charge in [0.1, 0.15) is 18.1 Å². The van der Waals surface area contributed by atoms with Gasteiger partial charge in [0, 0.05) is 0 Å². The van der Waals surface area contributed by atoms with E-state index >= 15 is 0 Å². The number of hydrogen-bond donors (Lipinski definition) is 1. The zero-order chi connectivity index (χ0) is 15.5. The molecule has 1 aromatic heterocycles. The zero-order valence-electron chi connectivity index (χ0n) is 13.0. The number of amides is 1. The number of carbonyl (C=O) groups is 1. The highest BCUT2D eigenvalue weighted by molar-refractivity contribution is 5.94. The van der Waals surface area contributed by atoms with Crippen molar-refractivity contribution >= 4 is 18.3 Å². The predicted molar refractivity (Wildman–Crippen MR) is 89.5 cm³/mol. The molecule has 5 nitrogen and oxygen atoms in total. The van der Waals surface area contributed by atoms with Gasteiger partial charge in [-0.05, 0) is 18.6 Å². The normalized spacial score (nSPS) is 20.9. The highest BCUT2D eigenvalue weighted by atomic mass is 35.5. The molecule has 23 heavy (non-hydrogen) atoms. The van der Waals surface area contributed by atoms with Crippen molar-refractivity contribution in [3.05, 3.63) is 59.5 Å². The number of nitrogens with zero attached hydrogens (tertiary/aromatic N) is 1. The molecule has 2 N–H and O–H groups in total. The van der Waals surface area contributed by atoms with Crippen LogP contribution in [0.3, 0.4) is 0 Å². The van der Waals surface area contributed by atoms with Crippen molar-refractivity contribution < 1.29 is 13.9 Å². The number of ether oxygens (including phenoxy) is 1. The van der Waals surface area contributed by atoms with Crippen LogP contribution in [0.15, 0.2) is 47.1 Å². The number of rotatable bonds is 3. The van der Waals surface area contributed by atoms with Gasteiger partial charge < -0.3 is 19.8 Å². The maximum absolute atomic E-state index is 12.7. The van der Waals surface area contributed by atoms with Crippen LogP contribution < -0.4 is 5.73 Å². The third-order valence-corrected chi connectivity index (χ3v) is 3.97. The summed E-state index contributed by atoms with van der Waals surface area (Å²) in [4.78, 5) is 14.5. The van der Waals surface area contributed by atoms with Gasteiger partial charge in [0.05, 0.1) is 31.3 Å². The Morgan fingerprint density at radius 3 is 2.74 bits per heavy atom. The van der Waals surface area contributed by atoms with Crippen molar-refractivity contribution in [1.29, 1.82) is 0 Å². The highest BCUT2D eigenvalue weighted by Crippen LogP contribution is 2.26. The van der Waals surface area contributed by atoms with Crippen molar-refractivity contribution in [3.63, 3.8) is 0 Å². The molecular formula is C17H21ClN2O3. The molecule has 2 aromatic rings. The molecule has 0 aliphatic carbocycles. The molecule has 0 spiro atoms. The summed E-state index contributed by atoms with van der Waals surface area (Å²) in [6.45, 7) is 3.33. The fourth-order valence-electron chi connectivity index (χ4n) is 2.67. The monoisotopic (exact) mass is 336 g/mol. The molecule has 1 aromatic carbocycles. The second-order valence-corrected chi connectivity index (χ2v) is 5.55. The molecule has 3 rings (SSSR count). The molecule has 2 atom stereocenters. The van der Waals surface area contributed by atoms with Crippen LogP contribution in [0.25, 0.3) is 0 Å². The van der Waals surface area contributed by atoms with Gasteiger partial charge in [-0.3, -0.25) is 4.79 Å². The standard InChI is InChI=1S/C17H20N2O3.ClH/c1-12-10-22-16(13-5-3-2-4-6-13)9-19(12)17(20)14-7-15(8-18)21-11-14;/h2-7,11-12,16H,8-10,18H2,1H3;1H. The van der Waals surface area contributed by atoms with E-state index in [0.29, 0.717) is 31.0 Å². The largest absolute Gasteiger partial charge is 0.467 e. The van der Waals surface area contributed by atoms with Crippen molar-refractivity contribution in [2.24, 2.45) is 5.73 Å². The Labute approximate surface area is 141 Å². The number of halogens is 1. The Balaban J connectivity index is 0.00000192. The molecular weight excluding hydrogens is 316 g/mol. The van der Waals surface area contributed by atoms with Gasteiger partial charge >= 0.3 is 0 Å². The van der Waals surface area contributed by atoms with Crippen LogP contribution >= 0.6 is 12.4 Å². The van der Waals surface area contributed by atoms with Gasteiger partial charge in [0.2, 0.25) is 0 Å². The van der Waals surface area contributed by atoms with Crippen LogP contribution in [0.4, 0.5) is 0 Å². The average molecular weight is 337 g/mol. The van der Waals surface area contributed by atoms with E-state index in [4.69, 9.17) is 14.9 Å². The summed E-state index contributed by atoms with van der Waals surface area (Å²) in [7, 11) is 0. The van der Waals surface area contributed by atoms with E-state index < -0.39 is 0 Å². The number of morpholine rings is 1. The van der Waals surface area contributed by atoms with E-state index in [1.165, 1.54) is 6.26 Å². The fraction of sp³-hybridized carbons (Fsp3) is 0.353. The Bertz CT molecular complexity index is 644. The second kappa shape index (κ2) is 7.64. The maximum atomic E-state index is 12.7. The van der Waals surface area contributed by atoms with Crippen molar-refractivity contribution in [2.75, 3.05) is 13.2 Å². The lowest BCUT2D eigenvalue weighted by Crippen LogP contribution is -2.48. The van der Waals surface area contributed by atoms with Gasteiger partial charge in [0.15, 0.2) is 0 Å². The van der Waals surface area contributed by atoms with Gasteiger partial charge in [-0.1, -0.05) is 30.3 Å². The topological polar surface area (TPSA) is 68.7 Å². The number of furan rings is 1. The minimum absolute atomic E-state index is 0. The molecule has 6 heteroatoms. The van der Waals surface area contributed by atoms with Gasteiger partial charge in [0.25, 0.3) is 5.91 Å². The summed E-state index contributed by atoms with van der Waals surface area (Å²) < 4.78 is 11.2. The first-order chi connectivity index (χ1) is 10.7. The molecule has 2 unspecified atom stereocenters. The fourth-order valence-corrected chi connectivity index (χ4v) is 2.67. The first-order valence-electron chi connectivity index (χ1n) is 7.44. The molecule has 1 aliphatic rings. The zero-order valence-corrected chi connectivity index (χ0v) is 13.8. The Morgan fingerprint density at radius 2 is 2.09 bits per heavy atom. The highest BCUT2D eigenvalue weighted by Gasteiger charge is 2.31. The van der Waals surface area contributed by atoms with E-state index in [2.05, 4.69) is 0 Å². The van der Waals surface area contributed by atoms with E-state index in [-0.39, 0.29) is 30.5 Å². The van der Waals surface area contributed by atoms with Crippen LogP contribution in [0.2, 0.25) is 0 Å². The van der Waals surface area contributed by atoms with E-state index in [9.17, 15) is 4.79 Å². The van der Waals surface area contributed by atoms with Gasteiger partial charge in [-0.2, -0.15) is 0 Å². The summed E-state index contributed by atoms with van der Waals surface area (Å²) in [5.41, 5.74) is 7.16. The third kappa shape index (κ3) is 3.75. The van der Waals surface area contributed by atoms with Gasteiger partial charge in [-0.25, -0.2) is 0 Å². The molecule has 0 bridgehead atoms. The molecule has 0 radical (unpaired) electrons. The molecule has 1 aliphatic heterocycles. The smallest absolute Gasteiger partial charge is 0.257 e. The van der Waals surface area contributed by atoms with Crippen LogP contribution in [0.5, 0.6) is 0 Å². The third-order valence-electron chi connectivity index (χ3n) is 3.97. The van der Waals surface area contributed by atoms with Crippen LogP contribution in [0.1, 0.15) is 34.7 Å². The molecule has 124 valence electrons. The minimum Gasteiger partial charge on any atom is -0.467 e. The number of benzene rings is 1. The van der Waals surface area contributed by atoms with E-state index in [1.807, 2.05) is 42.2 Å². The molecule has 1 saturated heterocycles. The van der Waals surface area contributed by atoms with Gasteiger partial charge in [-0.15, -0.1) is 12.4 Å². The molecule has 0 saturated carbocycles. The number of carbonyl (C=O) groups excluding carboxylic acids is 1. The predicted octanol–water partition coefficient (Wildman–Crippen LogP) is 2.76. The Morgan fingerprint density at radius 1 is 1.35 bits per heavy atom. The second-order valence-electron chi connectivity index (χ2n) is 5.55. The maximum Gasteiger partial charge on any atom is 0.257 e. The van der Waals surface area contributed by atoms with E-state index in [0.717, 1.165) is 5.56 Å². The lowest BCUT2D eigenvalue weighted by Gasteiger charge is -2.38. The lowest BCUT2D eigenvalue weighted by molar-refractivity contribution is -0.0486. The Kier molecular flexibility index (Phi) is 5.82. The summed E-state index contributed by atoms with van der Waals surface area (Å²) in [6.07, 6.45) is 1.38. The minimum atomic E-state index is -0.0952. The number of hydrogen-bond acceptors (Lipinski definition) is 4. The van der Waals surface area contributed by atoms with Crippen LogP contribution in [-0.2, 0) is 11.3 Å². The quantitative estimate of drug-likeness (QED) is 0.935. The van der Waals surface area contributed by atoms with Crippen molar-refractivity contribution in [1.82, 2.24) is 4.90 Å². The van der Waals surface area contributed by atoms with E-state index in [1.54, 1.807) is 6.07 Å². The van der Waals surface area contributed by atoms with Crippen LogP contribution in [0, 0.1) is 0 Å². The summed E-state index contributed by atoms with van der Waals surface area (Å²) in [6, 6.07) is 11.7. The summed E-state index contributed by atoms with van der Waals surface area (Å²) in [5, 5.41) is 0. The molecule has 1 amide bonds.